The molecule has 0 rings (SSSR count). The molecule has 0 saturated carbocycles. The third kappa shape index (κ3) is 4.38. The van der Waals surface area contributed by atoms with Crippen LogP contribution in [0.15, 0.2) is 0 Å². The van der Waals surface area contributed by atoms with Gasteiger partial charge >= 0.3 is 0 Å². The van der Waals surface area contributed by atoms with Crippen molar-refractivity contribution in [1.82, 2.24) is 0 Å². The molecule has 0 aliphatic carbocycles. The van der Waals surface area contributed by atoms with Gasteiger partial charge in [-0.25, -0.2) is 0 Å². The largest absolute Gasteiger partial charge is 0.396 e. The van der Waals surface area contributed by atoms with Crippen molar-refractivity contribution in [2.24, 2.45) is 5.41 Å². The van der Waals surface area contributed by atoms with Gasteiger partial charge in [-0.15, -0.1) is 0 Å². The van der Waals surface area contributed by atoms with Gasteiger partial charge in [0.1, 0.15) is 0 Å². The molecule has 0 saturated heterocycles. The molecule has 1 atom stereocenters. The molecule has 0 spiro atoms. The van der Waals surface area contributed by atoms with Crippen LogP contribution in [0, 0.1) is 5.41 Å². The maximum absolute atomic E-state index is 9.09. The second-order valence-electron chi connectivity index (χ2n) is 3.46. The highest BCUT2D eigenvalue weighted by Crippen LogP contribution is 2.26. The van der Waals surface area contributed by atoms with Crippen molar-refractivity contribution >= 4 is 0 Å². The predicted octanol–water partition coefficient (Wildman–Crippen LogP) is 1.82. The molecule has 11 heavy (non-hydrogen) atoms. The Bertz CT molecular complexity index is 93.6. The molecule has 0 radical (unpaired) electrons. The molecule has 0 bridgehead atoms. The highest BCUT2D eigenvalue weighted by atomic mass is 16.5. The number of aliphatic hydroxyl groups is 1. The summed E-state index contributed by atoms with van der Waals surface area (Å²) >= 11 is 0. The first-order valence-corrected chi connectivity index (χ1v) is 4.28. The van der Waals surface area contributed by atoms with Gasteiger partial charge in [0.05, 0.1) is 0 Å². The molecule has 68 valence electrons. The zero-order valence-electron chi connectivity index (χ0n) is 7.89. The van der Waals surface area contributed by atoms with Crippen LogP contribution in [0.3, 0.4) is 0 Å². The predicted molar refractivity (Wildman–Crippen MR) is 46.6 cm³/mol. The van der Waals surface area contributed by atoms with Gasteiger partial charge < -0.3 is 9.84 Å². The van der Waals surface area contributed by atoms with E-state index in [0.29, 0.717) is 0 Å². The molecule has 0 aliphatic heterocycles. The molecule has 2 nitrogen and oxygen atoms in total. The van der Waals surface area contributed by atoms with Crippen LogP contribution in [0.2, 0.25) is 0 Å². The molecule has 0 aromatic rings. The average Bonchev–Trinajstić information content (AvgIpc) is 2.02. The summed E-state index contributed by atoms with van der Waals surface area (Å²) in [6, 6.07) is 0. The maximum atomic E-state index is 9.09. The second kappa shape index (κ2) is 5.56. The van der Waals surface area contributed by atoms with Crippen molar-refractivity contribution in [3.8, 4) is 0 Å². The first-order chi connectivity index (χ1) is 5.18. The zero-order valence-corrected chi connectivity index (χ0v) is 7.89. The first kappa shape index (κ1) is 10.9. The van der Waals surface area contributed by atoms with E-state index in [9.17, 15) is 0 Å². The van der Waals surface area contributed by atoms with Crippen LogP contribution in [0.4, 0.5) is 0 Å². The lowest BCUT2D eigenvalue weighted by molar-refractivity contribution is 0.0815. The van der Waals surface area contributed by atoms with Gasteiger partial charge in [-0.1, -0.05) is 20.3 Å². The number of aliphatic hydroxyl groups excluding tert-OH is 1. The second-order valence-corrected chi connectivity index (χ2v) is 3.46. The van der Waals surface area contributed by atoms with Crippen LogP contribution in [0.25, 0.3) is 0 Å². The molecule has 1 unspecified atom stereocenters. The normalized spacial score (nSPS) is 16.4. The van der Waals surface area contributed by atoms with Crippen molar-refractivity contribution in [2.45, 2.75) is 33.1 Å². The Balaban J connectivity index is 3.68. The minimum atomic E-state index is 0.0742. The average molecular weight is 160 g/mol. The first-order valence-electron chi connectivity index (χ1n) is 4.28. The fraction of sp³-hybridized carbons (Fsp3) is 1.00. The summed E-state index contributed by atoms with van der Waals surface area (Å²) < 4.78 is 4.97. The molecule has 0 amide bonds. The van der Waals surface area contributed by atoms with Crippen molar-refractivity contribution in [2.75, 3.05) is 20.3 Å². The standard InChI is InChI=1S/C9H20O2/c1-4-5-9(2,8-10)6-7-11-3/h10H,4-8H2,1-3H3. The molecule has 0 aromatic carbocycles. The Labute approximate surface area is 69.6 Å². The molecule has 2 heteroatoms. The lowest BCUT2D eigenvalue weighted by Gasteiger charge is -2.26. The van der Waals surface area contributed by atoms with Crippen molar-refractivity contribution < 1.29 is 9.84 Å². The van der Waals surface area contributed by atoms with Crippen LogP contribution >= 0.6 is 0 Å². The number of ether oxygens (including phenoxy) is 1. The lowest BCUT2D eigenvalue weighted by Crippen LogP contribution is -2.22. The summed E-state index contributed by atoms with van der Waals surface area (Å²) in [5.41, 5.74) is 0.0742. The molecule has 1 N–H and O–H groups in total. The molecule has 0 aromatic heterocycles. The van der Waals surface area contributed by atoms with Crippen LogP contribution in [-0.4, -0.2) is 25.4 Å². The van der Waals surface area contributed by atoms with E-state index in [2.05, 4.69) is 13.8 Å². The van der Waals surface area contributed by atoms with Gasteiger partial charge in [0, 0.05) is 20.3 Å². The van der Waals surface area contributed by atoms with E-state index in [0.717, 1.165) is 25.9 Å². The van der Waals surface area contributed by atoms with E-state index in [4.69, 9.17) is 9.84 Å². The van der Waals surface area contributed by atoms with Gasteiger partial charge in [-0.05, 0) is 18.3 Å². The summed E-state index contributed by atoms with van der Waals surface area (Å²) in [4.78, 5) is 0. The minimum absolute atomic E-state index is 0.0742. The highest BCUT2D eigenvalue weighted by molar-refractivity contribution is 4.72. The number of methoxy groups -OCH3 is 1. The molecular formula is C9H20O2. The third-order valence-electron chi connectivity index (χ3n) is 2.15. The van der Waals surface area contributed by atoms with Crippen LogP contribution in [-0.2, 0) is 4.74 Å². The smallest absolute Gasteiger partial charge is 0.0485 e. The Morgan fingerprint density at radius 1 is 1.36 bits per heavy atom. The van der Waals surface area contributed by atoms with E-state index < -0.39 is 0 Å². The summed E-state index contributed by atoms with van der Waals surface area (Å²) in [7, 11) is 1.70. The monoisotopic (exact) mass is 160 g/mol. The van der Waals surface area contributed by atoms with Gasteiger partial charge in [-0.2, -0.15) is 0 Å². The summed E-state index contributed by atoms with van der Waals surface area (Å²) in [5, 5.41) is 9.09. The topological polar surface area (TPSA) is 29.5 Å². The van der Waals surface area contributed by atoms with Crippen LogP contribution in [0.5, 0.6) is 0 Å². The fourth-order valence-electron chi connectivity index (χ4n) is 1.24. The Hall–Kier alpha value is -0.0800. The van der Waals surface area contributed by atoms with Gasteiger partial charge in [0.15, 0.2) is 0 Å². The van der Waals surface area contributed by atoms with E-state index in [-0.39, 0.29) is 12.0 Å². The molecule has 0 aliphatic rings. The summed E-state index contributed by atoms with van der Waals surface area (Å²) in [6.45, 7) is 5.26. The Kier molecular flexibility index (Phi) is 5.51. The van der Waals surface area contributed by atoms with Crippen molar-refractivity contribution in [3.05, 3.63) is 0 Å². The van der Waals surface area contributed by atoms with Gasteiger partial charge in [0.2, 0.25) is 0 Å². The van der Waals surface area contributed by atoms with Gasteiger partial charge in [0.25, 0.3) is 0 Å². The number of hydrogen-bond acceptors (Lipinski definition) is 2. The zero-order chi connectivity index (χ0) is 8.74. The SMILES string of the molecule is CCCC(C)(CO)CCOC. The van der Waals surface area contributed by atoms with Crippen LogP contribution < -0.4 is 0 Å². The molecule has 0 heterocycles. The van der Waals surface area contributed by atoms with Crippen molar-refractivity contribution in [3.63, 3.8) is 0 Å². The Morgan fingerprint density at radius 3 is 2.36 bits per heavy atom. The minimum Gasteiger partial charge on any atom is -0.396 e. The number of rotatable bonds is 6. The maximum Gasteiger partial charge on any atom is 0.0485 e. The molecular weight excluding hydrogens is 140 g/mol. The third-order valence-corrected chi connectivity index (χ3v) is 2.15. The van der Waals surface area contributed by atoms with E-state index in [1.807, 2.05) is 0 Å². The quantitative estimate of drug-likeness (QED) is 0.642. The van der Waals surface area contributed by atoms with Gasteiger partial charge in [-0.3, -0.25) is 0 Å². The van der Waals surface area contributed by atoms with E-state index in [1.54, 1.807) is 7.11 Å². The van der Waals surface area contributed by atoms with E-state index in [1.165, 1.54) is 0 Å². The number of hydrogen-bond donors (Lipinski definition) is 1. The van der Waals surface area contributed by atoms with Crippen LogP contribution in [0.1, 0.15) is 33.1 Å². The molecule has 0 fully saturated rings. The fourth-order valence-corrected chi connectivity index (χ4v) is 1.24. The van der Waals surface area contributed by atoms with Crippen molar-refractivity contribution in [1.29, 1.82) is 0 Å². The summed E-state index contributed by atoms with van der Waals surface area (Å²) in [5.74, 6) is 0. The Morgan fingerprint density at radius 2 is 2.00 bits per heavy atom. The summed E-state index contributed by atoms with van der Waals surface area (Å²) in [6.07, 6.45) is 3.15. The highest BCUT2D eigenvalue weighted by Gasteiger charge is 2.21. The van der Waals surface area contributed by atoms with E-state index >= 15 is 0 Å². The lowest BCUT2D eigenvalue weighted by atomic mass is 9.83.